The molecular weight excluding hydrogens is 254 g/mol. The van der Waals surface area contributed by atoms with Crippen LogP contribution in [0.5, 0.6) is 0 Å². The van der Waals surface area contributed by atoms with Gasteiger partial charge in [-0.1, -0.05) is 42.5 Å². The van der Waals surface area contributed by atoms with Crippen LogP contribution in [0.15, 0.2) is 54.6 Å². The monoisotopic (exact) mass is 271 g/mol. The second kappa shape index (κ2) is 7.00. The van der Waals surface area contributed by atoms with E-state index in [1.807, 2.05) is 54.6 Å². The SMILES string of the molecule is CSCc1cccc(C(=O)NCc2ccccc2)c1. The Morgan fingerprint density at radius 3 is 2.53 bits per heavy atom. The Balaban J connectivity index is 1.98. The third kappa shape index (κ3) is 4.14. The van der Waals surface area contributed by atoms with Gasteiger partial charge in [-0.15, -0.1) is 0 Å². The predicted molar refractivity (Wildman–Crippen MR) is 81.3 cm³/mol. The molecule has 0 atom stereocenters. The Bertz CT molecular complexity index is 539. The average molecular weight is 271 g/mol. The molecule has 2 nitrogen and oxygen atoms in total. The lowest BCUT2D eigenvalue weighted by molar-refractivity contribution is 0.0951. The van der Waals surface area contributed by atoms with Crippen molar-refractivity contribution in [2.24, 2.45) is 0 Å². The van der Waals surface area contributed by atoms with Crippen molar-refractivity contribution in [3.8, 4) is 0 Å². The van der Waals surface area contributed by atoms with Crippen molar-refractivity contribution < 1.29 is 4.79 Å². The van der Waals surface area contributed by atoms with E-state index in [2.05, 4.69) is 11.6 Å². The van der Waals surface area contributed by atoms with Gasteiger partial charge in [0.05, 0.1) is 0 Å². The van der Waals surface area contributed by atoms with E-state index in [1.165, 1.54) is 5.56 Å². The number of amides is 1. The molecule has 0 fully saturated rings. The number of carbonyl (C=O) groups is 1. The molecule has 0 unspecified atom stereocenters. The highest BCUT2D eigenvalue weighted by molar-refractivity contribution is 7.97. The number of benzene rings is 2. The summed E-state index contributed by atoms with van der Waals surface area (Å²) < 4.78 is 0. The van der Waals surface area contributed by atoms with Crippen molar-refractivity contribution in [3.63, 3.8) is 0 Å². The summed E-state index contributed by atoms with van der Waals surface area (Å²) in [5.74, 6) is 0.909. The maximum absolute atomic E-state index is 12.1. The predicted octanol–water partition coefficient (Wildman–Crippen LogP) is 3.48. The van der Waals surface area contributed by atoms with Crippen molar-refractivity contribution in [2.75, 3.05) is 6.26 Å². The summed E-state index contributed by atoms with van der Waals surface area (Å²) in [6.45, 7) is 0.562. The van der Waals surface area contributed by atoms with Crippen molar-refractivity contribution in [1.29, 1.82) is 0 Å². The molecule has 3 heteroatoms. The Kier molecular flexibility index (Phi) is 5.04. The normalized spacial score (nSPS) is 10.2. The summed E-state index contributed by atoms with van der Waals surface area (Å²) in [4.78, 5) is 12.1. The highest BCUT2D eigenvalue weighted by atomic mass is 32.2. The van der Waals surface area contributed by atoms with Gasteiger partial charge in [0, 0.05) is 17.9 Å². The van der Waals surface area contributed by atoms with Crippen molar-refractivity contribution in [1.82, 2.24) is 5.32 Å². The van der Waals surface area contributed by atoms with Gasteiger partial charge in [0.25, 0.3) is 5.91 Å². The van der Waals surface area contributed by atoms with E-state index in [0.29, 0.717) is 6.54 Å². The molecule has 0 aromatic heterocycles. The lowest BCUT2D eigenvalue weighted by Gasteiger charge is -2.06. The second-order valence-electron chi connectivity index (χ2n) is 4.30. The van der Waals surface area contributed by atoms with E-state index < -0.39 is 0 Å². The fourth-order valence-corrected chi connectivity index (χ4v) is 2.36. The van der Waals surface area contributed by atoms with Crippen LogP contribution >= 0.6 is 11.8 Å². The van der Waals surface area contributed by atoms with Gasteiger partial charge in [0.2, 0.25) is 0 Å². The Morgan fingerprint density at radius 2 is 1.79 bits per heavy atom. The Morgan fingerprint density at radius 1 is 1.05 bits per heavy atom. The first-order valence-corrected chi connectivity index (χ1v) is 7.59. The van der Waals surface area contributed by atoms with Gasteiger partial charge in [-0.05, 0) is 29.5 Å². The lowest BCUT2D eigenvalue weighted by Crippen LogP contribution is -2.22. The topological polar surface area (TPSA) is 29.1 Å². The summed E-state index contributed by atoms with van der Waals surface area (Å²) >= 11 is 1.75. The highest BCUT2D eigenvalue weighted by Gasteiger charge is 2.05. The first kappa shape index (κ1) is 13.7. The number of hydrogen-bond acceptors (Lipinski definition) is 2. The minimum absolute atomic E-state index is 0.0215. The van der Waals surface area contributed by atoms with Gasteiger partial charge >= 0.3 is 0 Å². The molecule has 1 amide bonds. The molecule has 0 saturated heterocycles. The molecule has 0 aliphatic rings. The number of carbonyl (C=O) groups excluding carboxylic acids is 1. The van der Waals surface area contributed by atoms with Crippen LogP contribution in [0.2, 0.25) is 0 Å². The third-order valence-electron chi connectivity index (χ3n) is 2.80. The van der Waals surface area contributed by atoms with E-state index in [4.69, 9.17) is 0 Å². The van der Waals surface area contributed by atoms with Gasteiger partial charge in [-0.25, -0.2) is 0 Å². The lowest BCUT2D eigenvalue weighted by atomic mass is 10.1. The fourth-order valence-electron chi connectivity index (χ4n) is 1.85. The first-order valence-electron chi connectivity index (χ1n) is 6.19. The molecule has 19 heavy (non-hydrogen) atoms. The fraction of sp³-hybridized carbons (Fsp3) is 0.188. The minimum Gasteiger partial charge on any atom is -0.348 e. The zero-order valence-corrected chi connectivity index (χ0v) is 11.7. The van der Waals surface area contributed by atoms with E-state index in [0.717, 1.165) is 16.9 Å². The van der Waals surface area contributed by atoms with Crippen LogP contribution in [0.3, 0.4) is 0 Å². The number of rotatable bonds is 5. The summed E-state index contributed by atoms with van der Waals surface area (Å²) in [6.07, 6.45) is 2.06. The van der Waals surface area contributed by atoms with E-state index in [-0.39, 0.29) is 5.91 Å². The molecule has 0 aliphatic carbocycles. The van der Waals surface area contributed by atoms with Crippen LogP contribution in [-0.2, 0) is 12.3 Å². The summed E-state index contributed by atoms with van der Waals surface area (Å²) in [5.41, 5.74) is 3.01. The van der Waals surface area contributed by atoms with Gasteiger partial charge in [0.15, 0.2) is 0 Å². The van der Waals surface area contributed by atoms with Crippen LogP contribution < -0.4 is 5.32 Å². The number of hydrogen-bond donors (Lipinski definition) is 1. The molecule has 0 heterocycles. The van der Waals surface area contributed by atoms with E-state index in [9.17, 15) is 4.79 Å². The molecule has 0 aliphatic heterocycles. The molecule has 0 spiro atoms. The van der Waals surface area contributed by atoms with Gasteiger partial charge in [-0.2, -0.15) is 11.8 Å². The Labute approximate surface area is 118 Å². The summed E-state index contributed by atoms with van der Waals surface area (Å²) in [6, 6.07) is 17.7. The molecule has 2 aromatic carbocycles. The minimum atomic E-state index is -0.0215. The highest BCUT2D eigenvalue weighted by Crippen LogP contribution is 2.11. The maximum Gasteiger partial charge on any atom is 0.251 e. The molecule has 0 saturated carbocycles. The molecule has 98 valence electrons. The average Bonchev–Trinajstić information content (AvgIpc) is 2.46. The maximum atomic E-state index is 12.1. The van der Waals surface area contributed by atoms with Gasteiger partial charge < -0.3 is 5.32 Å². The smallest absolute Gasteiger partial charge is 0.251 e. The van der Waals surface area contributed by atoms with Crippen LogP contribution in [0, 0.1) is 0 Å². The molecule has 0 bridgehead atoms. The van der Waals surface area contributed by atoms with Crippen LogP contribution in [-0.4, -0.2) is 12.2 Å². The Hall–Kier alpha value is -1.74. The molecular formula is C16H17NOS. The van der Waals surface area contributed by atoms with Crippen molar-refractivity contribution in [2.45, 2.75) is 12.3 Å². The molecule has 2 rings (SSSR count). The summed E-state index contributed by atoms with van der Waals surface area (Å²) in [5, 5.41) is 2.94. The summed E-state index contributed by atoms with van der Waals surface area (Å²) in [7, 11) is 0. The van der Waals surface area contributed by atoms with Gasteiger partial charge in [-0.3, -0.25) is 4.79 Å². The van der Waals surface area contributed by atoms with E-state index >= 15 is 0 Å². The van der Waals surface area contributed by atoms with Crippen molar-refractivity contribution in [3.05, 3.63) is 71.3 Å². The zero-order chi connectivity index (χ0) is 13.5. The van der Waals surface area contributed by atoms with E-state index in [1.54, 1.807) is 11.8 Å². The zero-order valence-electron chi connectivity index (χ0n) is 10.9. The van der Waals surface area contributed by atoms with Gasteiger partial charge in [0.1, 0.15) is 0 Å². The molecule has 0 radical (unpaired) electrons. The van der Waals surface area contributed by atoms with Crippen LogP contribution in [0.25, 0.3) is 0 Å². The molecule has 2 aromatic rings. The number of nitrogens with one attached hydrogen (secondary N) is 1. The van der Waals surface area contributed by atoms with Crippen LogP contribution in [0.1, 0.15) is 21.5 Å². The second-order valence-corrected chi connectivity index (χ2v) is 5.17. The van der Waals surface area contributed by atoms with Crippen LogP contribution in [0.4, 0.5) is 0 Å². The van der Waals surface area contributed by atoms with Crippen molar-refractivity contribution >= 4 is 17.7 Å². The number of thioether (sulfide) groups is 1. The standard InChI is InChI=1S/C16H17NOS/c1-19-12-14-8-5-9-15(10-14)16(18)17-11-13-6-3-2-4-7-13/h2-10H,11-12H2,1H3,(H,17,18). The third-order valence-corrected chi connectivity index (χ3v) is 3.42. The molecule has 1 N–H and O–H groups in total. The first-order chi connectivity index (χ1) is 9.29. The quantitative estimate of drug-likeness (QED) is 0.902. The largest absolute Gasteiger partial charge is 0.348 e.